The minimum Gasteiger partial charge on any atom is -0.312 e. The first kappa shape index (κ1) is 18.8. The summed E-state index contributed by atoms with van der Waals surface area (Å²) in [5.41, 5.74) is 1.08. The van der Waals surface area contributed by atoms with E-state index in [0.29, 0.717) is 32.5 Å². The third-order valence-corrected chi connectivity index (χ3v) is 7.28. The number of aryl methyl sites for hydroxylation is 1. The zero-order valence-electron chi connectivity index (χ0n) is 15.1. The van der Waals surface area contributed by atoms with Gasteiger partial charge in [-0.2, -0.15) is 5.10 Å². The van der Waals surface area contributed by atoms with Gasteiger partial charge in [0.1, 0.15) is 16.0 Å². The summed E-state index contributed by atoms with van der Waals surface area (Å²) in [5, 5.41) is 7.46. The Morgan fingerprint density at radius 2 is 2.16 bits per heavy atom. The molecule has 1 aromatic rings. The van der Waals surface area contributed by atoms with Crippen LogP contribution in [0.25, 0.3) is 0 Å². The number of nitrogens with one attached hydrogen (secondary N) is 1. The first-order valence-electron chi connectivity index (χ1n) is 9.10. The molecule has 8 heteroatoms. The molecule has 0 unspecified atom stereocenters. The second-order valence-corrected chi connectivity index (χ2v) is 9.91. The standard InChI is InChI=1S/C17H29FN4O2S/c1-21-15(6-7-20-21)12-22-11-13(18)8-16(22)10-19-14-4-3-5-17(9-14)25(2,23)24/h6-7,13-14,16-17,19H,3-5,8-12H2,1-2H3/t13-,14-,16-,17+/m0/s1. The van der Waals surface area contributed by atoms with E-state index in [1.54, 1.807) is 6.20 Å². The van der Waals surface area contributed by atoms with Crippen molar-refractivity contribution < 1.29 is 12.8 Å². The van der Waals surface area contributed by atoms with Crippen molar-refractivity contribution >= 4 is 9.84 Å². The van der Waals surface area contributed by atoms with Crippen LogP contribution >= 0.6 is 0 Å². The lowest BCUT2D eigenvalue weighted by atomic mass is 9.94. The minimum atomic E-state index is -2.97. The fourth-order valence-corrected chi connectivity index (χ4v) is 5.29. The summed E-state index contributed by atoms with van der Waals surface area (Å²) in [5.74, 6) is 0. The summed E-state index contributed by atoms with van der Waals surface area (Å²) in [6.07, 6.45) is 6.21. The van der Waals surface area contributed by atoms with Crippen LogP contribution in [0, 0.1) is 0 Å². The van der Waals surface area contributed by atoms with Crippen molar-refractivity contribution in [2.75, 3.05) is 19.3 Å². The van der Waals surface area contributed by atoms with Gasteiger partial charge in [0.2, 0.25) is 0 Å². The summed E-state index contributed by atoms with van der Waals surface area (Å²) >= 11 is 0. The summed E-state index contributed by atoms with van der Waals surface area (Å²) in [6.45, 7) is 1.85. The molecule has 4 atom stereocenters. The second kappa shape index (κ2) is 7.72. The molecule has 1 aromatic heterocycles. The number of alkyl halides is 1. The van der Waals surface area contributed by atoms with E-state index in [1.807, 2.05) is 17.8 Å². The predicted octanol–water partition coefficient (Wildman–Crippen LogP) is 1.28. The maximum Gasteiger partial charge on any atom is 0.150 e. The molecule has 1 aliphatic carbocycles. The van der Waals surface area contributed by atoms with Crippen LogP contribution < -0.4 is 5.32 Å². The molecular weight excluding hydrogens is 343 g/mol. The van der Waals surface area contributed by atoms with E-state index in [0.717, 1.165) is 25.0 Å². The Morgan fingerprint density at radius 3 is 2.84 bits per heavy atom. The molecule has 1 N–H and O–H groups in total. The van der Waals surface area contributed by atoms with E-state index in [9.17, 15) is 12.8 Å². The molecule has 0 bridgehead atoms. The normalized spacial score (nSPS) is 31.5. The number of hydrogen-bond acceptors (Lipinski definition) is 5. The van der Waals surface area contributed by atoms with E-state index in [2.05, 4.69) is 15.3 Å². The number of sulfone groups is 1. The Hall–Kier alpha value is -0.990. The third-order valence-electron chi connectivity index (χ3n) is 5.64. The van der Waals surface area contributed by atoms with E-state index in [-0.39, 0.29) is 17.3 Å². The molecule has 1 saturated heterocycles. The smallest absolute Gasteiger partial charge is 0.150 e. The highest BCUT2D eigenvalue weighted by Gasteiger charge is 2.34. The number of nitrogens with zero attached hydrogens (tertiary/aromatic N) is 3. The zero-order valence-corrected chi connectivity index (χ0v) is 15.9. The van der Waals surface area contributed by atoms with Crippen molar-refractivity contribution in [3.05, 3.63) is 18.0 Å². The molecule has 3 rings (SSSR count). The molecule has 6 nitrogen and oxygen atoms in total. The van der Waals surface area contributed by atoms with Crippen LogP contribution in [0.4, 0.5) is 4.39 Å². The summed E-state index contributed by atoms with van der Waals surface area (Å²) in [6, 6.07) is 2.32. The van der Waals surface area contributed by atoms with Gasteiger partial charge in [-0.15, -0.1) is 0 Å². The van der Waals surface area contributed by atoms with Crippen LogP contribution in [0.2, 0.25) is 0 Å². The van der Waals surface area contributed by atoms with Crippen LogP contribution in [-0.2, 0) is 23.4 Å². The van der Waals surface area contributed by atoms with Crippen LogP contribution in [0.15, 0.2) is 12.3 Å². The number of aromatic nitrogens is 2. The Labute approximate surface area is 149 Å². The molecule has 25 heavy (non-hydrogen) atoms. The molecule has 2 fully saturated rings. The lowest BCUT2D eigenvalue weighted by Crippen LogP contribution is -2.45. The van der Waals surface area contributed by atoms with Crippen molar-refractivity contribution in [1.29, 1.82) is 0 Å². The Kier molecular flexibility index (Phi) is 5.80. The highest BCUT2D eigenvalue weighted by Crippen LogP contribution is 2.26. The number of hydrogen-bond donors (Lipinski definition) is 1. The van der Waals surface area contributed by atoms with Gasteiger partial charge in [0.15, 0.2) is 0 Å². The van der Waals surface area contributed by atoms with Gasteiger partial charge in [-0.3, -0.25) is 9.58 Å². The second-order valence-electron chi connectivity index (χ2n) is 7.59. The first-order chi connectivity index (χ1) is 11.8. The van der Waals surface area contributed by atoms with Crippen molar-refractivity contribution in [3.63, 3.8) is 0 Å². The number of rotatable bonds is 6. The van der Waals surface area contributed by atoms with E-state index in [1.165, 1.54) is 6.26 Å². The molecule has 0 radical (unpaired) electrons. The molecule has 1 saturated carbocycles. The van der Waals surface area contributed by atoms with Gasteiger partial charge in [0.25, 0.3) is 0 Å². The van der Waals surface area contributed by atoms with Crippen molar-refractivity contribution in [2.45, 2.75) is 62.2 Å². The third kappa shape index (κ3) is 4.80. The van der Waals surface area contributed by atoms with Crippen molar-refractivity contribution in [2.24, 2.45) is 7.05 Å². The lowest BCUT2D eigenvalue weighted by Gasteiger charge is -2.31. The van der Waals surface area contributed by atoms with E-state index < -0.39 is 16.0 Å². The quantitative estimate of drug-likeness (QED) is 0.815. The Balaban J connectivity index is 1.55. The molecule has 0 spiro atoms. The van der Waals surface area contributed by atoms with Gasteiger partial charge < -0.3 is 5.32 Å². The van der Waals surface area contributed by atoms with Gasteiger partial charge in [-0.05, 0) is 31.7 Å². The largest absolute Gasteiger partial charge is 0.312 e. The number of likely N-dealkylation sites (tertiary alicyclic amines) is 1. The maximum absolute atomic E-state index is 14.0. The zero-order chi connectivity index (χ0) is 18.0. The Morgan fingerprint density at radius 1 is 1.36 bits per heavy atom. The monoisotopic (exact) mass is 372 g/mol. The molecule has 142 valence electrons. The average Bonchev–Trinajstić information content (AvgIpc) is 3.11. The van der Waals surface area contributed by atoms with Crippen LogP contribution in [-0.4, -0.2) is 65.9 Å². The topological polar surface area (TPSA) is 67.2 Å². The fourth-order valence-electron chi connectivity index (χ4n) is 4.11. The van der Waals surface area contributed by atoms with Gasteiger partial charge in [0.05, 0.1) is 10.9 Å². The molecule has 1 aliphatic heterocycles. The van der Waals surface area contributed by atoms with E-state index in [4.69, 9.17) is 0 Å². The fraction of sp³-hybridized carbons (Fsp3) is 0.824. The minimum absolute atomic E-state index is 0.142. The summed E-state index contributed by atoms with van der Waals surface area (Å²) < 4.78 is 39.4. The predicted molar refractivity (Wildman–Crippen MR) is 95.8 cm³/mol. The first-order valence-corrected chi connectivity index (χ1v) is 11.1. The maximum atomic E-state index is 14.0. The molecule has 0 aromatic carbocycles. The highest BCUT2D eigenvalue weighted by atomic mass is 32.2. The Bertz CT molecular complexity index is 678. The summed E-state index contributed by atoms with van der Waals surface area (Å²) in [4.78, 5) is 2.17. The van der Waals surface area contributed by atoms with Crippen LogP contribution in [0.3, 0.4) is 0 Å². The molecule has 2 heterocycles. The molecule has 0 amide bonds. The van der Waals surface area contributed by atoms with Crippen molar-refractivity contribution in [1.82, 2.24) is 20.0 Å². The van der Waals surface area contributed by atoms with Crippen molar-refractivity contribution in [3.8, 4) is 0 Å². The molecule has 2 aliphatic rings. The summed E-state index contributed by atoms with van der Waals surface area (Å²) in [7, 11) is -1.07. The van der Waals surface area contributed by atoms with Gasteiger partial charge in [-0.1, -0.05) is 6.42 Å². The average molecular weight is 373 g/mol. The van der Waals surface area contributed by atoms with Gasteiger partial charge in [0, 0.05) is 51.2 Å². The number of halogens is 1. The van der Waals surface area contributed by atoms with E-state index >= 15 is 0 Å². The molecular formula is C17H29FN4O2S. The van der Waals surface area contributed by atoms with Crippen LogP contribution in [0.1, 0.15) is 37.8 Å². The van der Waals surface area contributed by atoms with Gasteiger partial charge >= 0.3 is 0 Å². The highest BCUT2D eigenvalue weighted by molar-refractivity contribution is 7.91. The SMILES string of the molecule is Cn1nccc1CN1C[C@@H](F)C[C@H]1CN[C@H]1CCC[C@@H](S(C)(=O)=O)C1. The van der Waals surface area contributed by atoms with Gasteiger partial charge in [-0.25, -0.2) is 12.8 Å². The van der Waals surface area contributed by atoms with Crippen LogP contribution in [0.5, 0.6) is 0 Å². The lowest BCUT2D eigenvalue weighted by molar-refractivity contribution is 0.216.